The molecule has 0 spiro atoms. The monoisotopic (exact) mass is 518 g/mol. The first kappa shape index (κ1) is 25.2. The molecule has 0 bridgehead atoms. The summed E-state index contributed by atoms with van der Waals surface area (Å²) in [5.74, 6) is 0.767. The number of nitrogens with zero attached hydrogens (tertiary/aromatic N) is 1. The van der Waals surface area contributed by atoms with E-state index in [1.54, 1.807) is 0 Å². The van der Waals surface area contributed by atoms with Gasteiger partial charge in [-0.3, -0.25) is 0 Å². The molecule has 0 aliphatic carbocycles. The lowest BCUT2D eigenvalue weighted by atomic mass is 9.76. The number of nitrogens with one attached hydrogen (secondary N) is 1. The van der Waals surface area contributed by atoms with Crippen LogP contribution in [0, 0.1) is 0 Å². The van der Waals surface area contributed by atoms with Crippen LogP contribution in [0.1, 0.15) is 51.4 Å². The number of benzene rings is 4. The maximum absolute atomic E-state index is 12.9. The van der Waals surface area contributed by atoms with Gasteiger partial charge >= 0.3 is 5.97 Å². The third-order valence-electron chi connectivity index (χ3n) is 8.13. The Kier molecular flexibility index (Phi) is 6.61. The number of carbonyl (C=O) groups excluding carboxylic acids is 1. The molecule has 198 valence electrons. The summed E-state index contributed by atoms with van der Waals surface area (Å²) in [6.07, 6.45) is 6.35. The van der Waals surface area contributed by atoms with Crippen LogP contribution in [0.2, 0.25) is 0 Å². The third-order valence-corrected chi connectivity index (χ3v) is 8.13. The molecule has 0 saturated carbocycles. The minimum absolute atomic E-state index is 0.375. The van der Waals surface area contributed by atoms with Crippen molar-refractivity contribution in [3.05, 3.63) is 113 Å². The number of esters is 1. The van der Waals surface area contributed by atoms with E-state index in [4.69, 9.17) is 9.47 Å². The molecule has 0 amide bonds. The summed E-state index contributed by atoms with van der Waals surface area (Å²) in [5.41, 5.74) is 4.97. The Balaban J connectivity index is 1.63. The number of anilines is 1. The van der Waals surface area contributed by atoms with Gasteiger partial charge in [0.05, 0.1) is 12.7 Å². The normalized spacial score (nSPS) is 18.8. The molecular formula is C34H34N2O3. The maximum Gasteiger partial charge on any atom is 0.338 e. The number of ether oxygens (including phenoxy) is 2. The Morgan fingerprint density at radius 1 is 0.974 bits per heavy atom. The summed E-state index contributed by atoms with van der Waals surface area (Å²) in [4.78, 5) is 15.0. The predicted octanol–water partition coefficient (Wildman–Crippen LogP) is 6.51. The number of piperidine rings is 1. The average Bonchev–Trinajstić information content (AvgIpc) is 3.00. The van der Waals surface area contributed by atoms with Crippen molar-refractivity contribution in [3.63, 3.8) is 0 Å². The smallest absolute Gasteiger partial charge is 0.338 e. The molecule has 4 aromatic rings. The van der Waals surface area contributed by atoms with Gasteiger partial charge in [-0.15, -0.1) is 0 Å². The second-order valence-corrected chi connectivity index (χ2v) is 10.6. The topological polar surface area (TPSA) is 50.8 Å². The van der Waals surface area contributed by atoms with Crippen LogP contribution in [0.25, 0.3) is 16.8 Å². The molecule has 1 fully saturated rings. The first-order chi connectivity index (χ1) is 19.0. The second kappa shape index (κ2) is 10.2. The van der Waals surface area contributed by atoms with Crippen molar-refractivity contribution < 1.29 is 14.3 Å². The molecule has 2 aliphatic rings. The highest BCUT2D eigenvalue weighted by Crippen LogP contribution is 2.49. The van der Waals surface area contributed by atoms with E-state index in [0.29, 0.717) is 17.2 Å². The lowest BCUT2D eigenvalue weighted by molar-refractivity contribution is 0.0599. The Hall–Kier alpha value is -4.09. The van der Waals surface area contributed by atoms with Gasteiger partial charge in [-0.05, 0) is 73.1 Å². The fourth-order valence-electron chi connectivity index (χ4n) is 6.06. The summed E-state index contributed by atoms with van der Waals surface area (Å²) in [6.45, 7) is 2.02. The zero-order valence-corrected chi connectivity index (χ0v) is 22.7. The number of rotatable bonds is 5. The van der Waals surface area contributed by atoms with Gasteiger partial charge in [-0.1, -0.05) is 60.7 Å². The number of methoxy groups -OCH3 is 1. The molecule has 1 atom stereocenters. The zero-order valence-electron chi connectivity index (χ0n) is 22.7. The van der Waals surface area contributed by atoms with E-state index in [9.17, 15) is 4.79 Å². The van der Waals surface area contributed by atoms with Crippen molar-refractivity contribution in [2.75, 3.05) is 39.2 Å². The largest absolute Gasteiger partial charge is 0.472 e. The second-order valence-electron chi connectivity index (χ2n) is 10.6. The maximum atomic E-state index is 12.9. The van der Waals surface area contributed by atoms with E-state index in [2.05, 4.69) is 83.0 Å². The van der Waals surface area contributed by atoms with Crippen LogP contribution < -0.4 is 15.0 Å². The summed E-state index contributed by atoms with van der Waals surface area (Å²) >= 11 is 0. The molecule has 1 unspecified atom stereocenters. The molecule has 5 heteroatoms. The minimum atomic E-state index is -0.856. The van der Waals surface area contributed by atoms with E-state index in [0.717, 1.165) is 59.1 Å². The van der Waals surface area contributed by atoms with Gasteiger partial charge in [0.2, 0.25) is 0 Å². The predicted molar refractivity (Wildman–Crippen MR) is 158 cm³/mol. The van der Waals surface area contributed by atoms with Crippen molar-refractivity contribution in [2.24, 2.45) is 0 Å². The van der Waals surface area contributed by atoms with Gasteiger partial charge < -0.3 is 19.7 Å². The molecule has 4 aromatic carbocycles. The van der Waals surface area contributed by atoms with E-state index in [-0.39, 0.29) is 5.97 Å². The Bertz CT molecular complexity index is 1550. The van der Waals surface area contributed by atoms with Crippen molar-refractivity contribution >= 4 is 28.5 Å². The molecule has 5 nitrogen and oxygen atoms in total. The summed E-state index contributed by atoms with van der Waals surface area (Å²) in [5, 5.41) is 5.40. The molecule has 2 heterocycles. The standard InChI is InChI=1S/C34H34N2O3/c1-36(2)26-14-13-24-21-30(33(37)38-3)28-15-18-34(25-9-5-4-6-10-25,39-32(28)29(24)22-26)31-12-8-7-11-27(31)23-16-19-35-20-17-23/h4-15,18,21-23,35H,16-17,19-20H2,1-3H3. The van der Waals surface area contributed by atoms with Crippen LogP contribution in [0.3, 0.4) is 0 Å². The fourth-order valence-corrected chi connectivity index (χ4v) is 6.06. The number of hydrogen-bond donors (Lipinski definition) is 1. The number of fused-ring (bicyclic) bond motifs is 3. The molecule has 6 rings (SSSR count). The van der Waals surface area contributed by atoms with Crippen LogP contribution in [0.4, 0.5) is 5.69 Å². The van der Waals surface area contributed by atoms with Crippen molar-refractivity contribution in [3.8, 4) is 5.75 Å². The number of hydrogen-bond acceptors (Lipinski definition) is 5. The van der Waals surface area contributed by atoms with E-state index in [1.165, 1.54) is 12.7 Å². The van der Waals surface area contributed by atoms with Gasteiger partial charge in [0.1, 0.15) is 5.75 Å². The average molecular weight is 519 g/mol. The van der Waals surface area contributed by atoms with Gasteiger partial charge in [0.25, 0.3) is 0 Å². The highest BCUT2D eigenvalue weighted by molar-refractivity contribution is 6.04. The Morgan fingerprint density at radius 3 is 2.46 bits per heavy atom. The fraction of sp³-hybridized carbons (Fsp3) is 0.265. The molecule has 1 N–H and O–H groups in total. The highest BCUT2D eigenvalue weighted by Gasteiger charge is 2.41. The van der Waals surface area contributed by atoms with Crippen molar-refractivity contribution in [1.29, 1.82) is 0 Å². The minimum Gasteiger partial charge on any atom is -0.472 e. The van der Waals surface area contributed by atoms with Gasteiger partial charge in [-0.25, -0.2) is 4.79 Å². The third kappa shape index (κ3) is 4.37. The number of carbonyl (C=O) groups is 1. The molecule has 0 aromatic heterocycles. The van der Waals surface area contributed by atoms with Crippen LogP contribution in [-0.4, -0.2) is 40.3 Å². The molecule has 0 radical (unpaired) electrons. The van der Waals surface area contributed by atoms with E-state index in [1.807, 2.05) is 32.3 Å². The Morgan fingerprint density at radius 2 is 1.72 bits per heavy atom. The first-order valence-corrected chi connectivity index (χ1v) is 13.6. The van der Waals surface area contributed by atoms with Gasteiger partial charge in [-0.2, -0.15) is 0 Å². The summed E-state index contributed by atoms with van der Waals surface area (Å²) in [6, 6.07) is 27.3. The molecule has 39 heavy (non-hydrogen) atoms. The SMILES string of the molecule is COC(=O)c1cc2ccc(N(C)C)cc2c2c1C=CC(c1ccccc1)(c1ccccc1C1CCNCC1)O2. The Labute approximate surface area is 230 Å². The van der Waals surface area contributed by atoms with Crippen LogP contribution >= 0.6 is 0 Å². The zero-order chi connectivity index (χ0) is 27.0. The molecule has 1 saturated heterocycles. The van der Waals surface area contributed by atoms with Gasteiger partial charge in [0.15, 0.2) is 5.60 Å². The van der Waals surface area contributed by atoms with Crippen LogP contribution in [-0.2, 0) is 10.3 Å². The lowest BCUT2D eigenvalue weighted by Gasteiger charge is -2.39. The lowest BCUT2D eigenvalue weighted by Crippen LogP contribution is -2.37. The van der Waals surface area contributed by atoms with E-state index < -0.39 is 5.60 Å². The van der Waals surface area contributed by atoms with Crippen LogP contribution in [0.5, 0.6) is 5.75 Å². The summed E-state index contributed by atoms with van der Waals surface area (Å²) in [7, 11) is 5.48. The molecular weight excluding hydrogens is 484 g/mol. The van der Waals surface area contributed by atoms with E-state index >= 15 is 0 Å². The molecule has 2 aliphatic heterocycles. The first-order valence-electron chi connectivity index (χ1n) is 13.6. The summed E-state index contributed by atoms with van der Waals surface area (Å²) < 4.78 is 12.5. The quantitative estimate of drug-likeness (QED) is 0.305. The van der Waals surface area contributed by atoms with Crippen molar-refractivity contribution in [1.82, 2.24) is 5.32 Å². The van der Waals surface area contributed by atoms with Crippen LogP contribution in [0.15, 0.2) is 84.9 Å². The van der Waals surface area contributed by atoms with Crippen molar-refractivity contribution in [2.45, 2.75) is 24.4 Å². The highest BCUT2D eigenvalue weighted by atomic mass is 16.5. The van der Waals surface area contributed by atoms with Gasteiger partial charge in [0, 0.05) is 41.9 Å².